The maximum Gasteiger partial charge on any atom is 0.236 e. The minimum atomic E-state index is -1.33. The summed E-state index contributed by atoms with van der Waals surface area (Å²) in [5, 5.41) is 22.1. The maximum atomic E-state index is 12.7. The normalized spacial score (nSPS) is 13.9. The van der Waals surface area contributed by atoms with Gasteiger partial charge in [-0.3, -0.25) is 0 Å². The largest absolute Gasteiger partial charge is 0.395 e. The van der Waals surface area contributed by atoms with Gasteiger partial charge < -0.3 is 15.9 Å². The summed E-state index contributed by atoms with van der Waals surface area (Å²) >= 11 is 0. The lowest BCUT2D eigenvalue weighted by Gasteiger charge is -2.16. The zero-order chi connectivity index (χ0) is 12.1. The van der Waals surface area contributed by atoms with Crippen molar-refractivity contribution in [2.45, 2.75) is 12.2 Å². The molecule has 1 aromatic rings. The fourth-order valence-electron chi connectivity index (χ4n) is 1.09. The Balaban J connectivity index is 2.82. The SMILES string of the molecule is [N-]=[N+]=NCC(O)C(O)c1cnc(F)c(N)c1. The molecule has 1 rings (SSSR count). The van der Waals surface area contributed by atoms with E-state index in [1.807, 2.05) is 0 Å². The summed E-state index contributed by atoms with van der Waals surface area (Å²) in [5.41, 5.74) is 13.2. The minimum absolute atomic E-state index is 0.152. The fourth-order valence-corrected chi connectivity index (χ4v) is 1.09. The molecule has 0 bridgehead atoms. The number of azide groups is 1. The van der Waals surface area contributed by atoms with Gasteiger partial charge in [-0.2, -0.15) is 4.39 Å². The van der Waals surface area contributed by atoms with E-state index in [1.54, 1.807) is 0 Å². The van der Waals surface area contributed by atoms with E-state index in [-0.39, 0.29) is 17.8 Å². The third-order valence-corrected chi connectivity index (χ3v) is 1.93. The van der Waals surface area contributed by atoms with Crippen molar-refractivity contribution in [2.75, 3.05) is 12.3 Å². The van der Waals surface area contributed by atoms with Crippen molar-refractivity contribution in [1.29, 1.82) is 0 Å². The van der Waals surface area contributed by atoms with E-state index in [4.69, 9.17) is 11.3 Å². The van der Waals surface area contributed by atoms with Crippen LogP contribution in [0.15, 0.2) is 17.4 Å². The van der Waals surface area contributed by atoms with E-state index in [0.29, 0.717) is 0 Å². The van der Waals surface area contributed by atoms with Gasteiger partial charge in [-0.1, -0.05) is 5.11 Å². The number of nitrogens with two attached hydrogens (primary N) is 1. The van der Waals surface area contributed by atoms with Crippen LogP contribution in [-0.4, -0.2) is 27.8 Å². The van der Waals surface area contributed by atoms with Crippen molar-refractivity contribution in [1.82, 2.24) is 4.98 Å². The molecule has 0 radical (unpaired) electrons. The first-order valence-corrected chi connectivity index (χ1v) is 4.34. The quantitative estimate of drug-likeness (QED) is 0.299. The highest BCUT2D eigenvalue weighted by molar-refractivity contribution is 5.39. The Kier molecular flexibility index (Phi) is 4.01. The molecule has 0 aliphatic carbocycles. The molecular weight excluding hydrogens is 217 g/mol. The average Bonchev–Trinajstić information content (AvgIpc) is 2.28. The topological polar surface area (TPSA) is 128 Å². The predicted molar refractivity (Wildman–Crippen MR) is 53.6 cm³/mol. The highest BCUT2D eigenvalue weighted by atomic mass is 19.1. The number of hydrogen-bond donors (Lipinski definition) is 3. The van der Waals surface area contributed by atoms with Crippen LogP contribution in [0, 0.1) is 5.95 Å². The van der Waals surface area contributed by atoms with E-state index in [1.165, 1.54) is 0 Å². The third-order valence-electron chi connectivity index (χ3n) is 1.93. The summed E-state index contributed by atoms with van der Waals surface area (Å²) in [4.78, 5) is 5.73. The smallest absolute Gasteiger partial charge is 0.236 e. The molecule has 86 valence electrons. The van der Waals surface area contributed by atoms with Crippen LogP contribution in [0.5, 0.6) is 0 Å². The molecule has 0 spiro atoms. The van der Waals surface area contributed by atoms with Gasteiger partial charge in [0.1, 0.15) is 6.10 Å². The van der Waals surface area contributed by atoms with E-state index in [9.17, 15) is 14.6 Å². The van der Waals surface area contributed by atoms with Gasteiger partial charge in [-0.15, -0.1) is 0 Å². The molecular formula is C8H10FN5O2. The second-order valence-electron chi connectivity index (χ2n) is 3.07. The number of hydrogen-bond acceptors (Lipinski definition) is 5. The van der Waals surface area contributed by atoms with Crippen molar-refractivity contribution in [3.8, 4) is 0 Å². The molecule has 8 heteroatoms. The predicted octanol–water partition coefficient (Wildman–Crippen LogP) is 0.508. The second-order valence-corrected chi connectivity index (χ2v) is 3.07. The first-order valence-electron chi connectivity index (χ1n) is 4.34. The molecule has 0 aliphatic rings. The first-order chi connectivity index (χ1) is 7.56. The van der Waals surface area contributed by atoms with Crippen molar-refractivity contribution in [3.05, 3.63) is 34.2 Å². The number of aromatic nitrogens is 1. The van der Waals surface area contributed by atoms with Crippen molar-refractivity contribution >= 4 is 5.69 Å². The highest BCUT2D eigenvalue weighted by Gasteiger charge is 2.18. The van der Waals surface area contributed by atoms with Gasteiger partial charge >= 0.3 is 0 Å². The van der Waals surface area contributed by atoms with Crippen LogP contribution >= 0.6 is 0 Å². The standard InChI is InChI=1S/C8H10FN5O2/c9-8-5(10)1-4(2-12-8)7(16)6(15)3-13-14-11/h1-2,6-7,15-16H,3,10H2. The summed E-state index contributed by atoms with van der Waals surface area (Å²) in [7, 11) is 0. The number of anilines is 1. The van der Waals surface area contributed by atoms with Gasteiger partial charge in [0.2, 0.25) is 5.95 Å². The number of halogens is 1. The minimum Gasteiger partial charge on any atom is -0.395 e. The lowest BCUT2D eigenvalue weighted by atomic mass is 10.1. The highest BCUT2D eigenvalue weighted by Crippen LogP contribution is 2.19. The van der Waals surface area contributed by atoms with E-state index >= 15 is 0 Å². The summed E-state index contributed by atoms with van der Waals surface area (Å²) in [6.45, 7) is -0.297. The number of rotatable bonds is 4. The molecule has 0 fully saturated rings. The number of aliphatic hydroxyl groups is 2. The Morgan fingerprint density at radius 1 is 1.62 bits per heavy atom. The Morgan fingerprint density at radius 3 is 2.88 bits per heavy atom. The fraction of sp³-hybridized carbons (Fsp3) is 0.375. The summed E-state index contributed by atoms with van der Waals surface area (Å²) in [6, 6.07) is 1.16. The molecule has 1 aromatic heterocycles. The van der Waals surface area contributed by atoms with Gasteiger partial charge in [0, 0.05) is 16.7 Å². The van der Waals surface area contributed by atoms with Gasteiger partial charge in [-0.05, 0) is 11.6 Å². The number of pyridine rings is 1. The van der Waals surface area contributed by atoms with Crippen LogP contribution in [0.3, 0.4) is 0 Å². The number of aliphatic hydroxyl groups excluding tert-OH is 2. The van der Waals surface area contributed by atoms with Gasteiger partial charge in [0.25, 0.3) is 0 Å². The number of nitrogen functional groups attached to an aromatic ring is 1. The van der Waals surface area contributed by atoms with Crippen LogP contribution in [0.1, 0.15) is 11.7 Å². The monoisotopic (exact) mass is 227 g/mol. The molecule has 2 atom stereocenters. The molecule has 16 heavy (non-hydrogen) atoms. The van der Waals surface area contributed by atoms with Crippen LogP contribution in [0.2, 0.25) is 0 Å². The zero-order valence-corrected chi connectivity index (χ0v) is 8.16. The van der Waals surface area contributed by atoms with Crippen molar-refractivity contribution in [2.24, 2.45) is 5.11 Å². The average molecular weight is 227 g/mol. The van der Waals surface area contributed by atoms with Crippen LogP contribution in [-0.2, 0) is 0 Å². The third kappa shape index (κ3) is 2.80. The van der Waals surface area contributed by atoms with Gasteiger partial charge in [-0.25, -0.2) is 4.98 Å². The maximum absolute atomic E-state index is 12.7. The summed E-state index contributed by atoms with van der Waals surface area (Å²) < 4.78 is 12.7. The van der Waals surface area contributed by atoms with E-state index < -0.39 is 18.2 Å². The Morgan fingerprint density at radius 2 is 2.31 bits per heavy atom. The Bertz CT molecular complexity index is 421. The molecule has 4 N–H and O–H groups in total. The first kappa shape index (κ1) is 12.2. The molecule has 0 saturated heterocycles. The molecule has 7 nitrogen and oxygen atoms in total. The summed E-state index contributed by atoms with van der Waals surface area (Å²) in [5.74, 6) is -0.847. The zero-order valence-electron chi connectivity index (χ0n) is 8.16. The summed E-state index contributed by atoms with van der Waals surface area (Å²) in [6.07, 6.45) is -1.57. The Labute approximate surface area is 90.0 Å². The van der Waals surface area contributed by atoms with Crippen LogP contribution in [0.25, 0.3) is 10.4 Å². The van der Waals surface area contributed by atoms with Crippen LogP contribution in [0.4, 0.5) is 10.1 Å². The van der Waals surface area contributed by atoms with Crippen LogP contribution < -0.4 is 5.73 Å². The molecule has 0 aromatic carbocycles. The number of nitrogens with zero attached hydrogens (tertiary/aromatic N) is 4. The van der Waals surface area contributed by atoms with Gasteiger partial charge in [0.15, 0.2) is 0 Å². The molecule has 0 aliphatic heterocycles. The van der Waals surface area contributed by atoms with Crippen molar-refractivity contribution in [3.63, 3.8) is 0 Å². The molecule has 2 unspecified atom stereocenters. The molecule has 0 amide bonds. The second kappa shape index (κ2) is 5.26. The lowest BCUT2D eigenvalue weighted by molar-refractivity contribution is 0.0242. The molecule has 1 heterocycles. The van der Waals surface area contributed by atoms with Crippen molar-refractivity contribution < 1.29 is 14.6 Å². The van der Waals surface area contributed by atoms with Gasteiger partial charge in [0.05, 0.1) is 18.3 Å². The van der Waals surface area contributed by atoms with E-state index in [0.717, 1.165) is 12.3 Å². The lowest BCUT2D eigenvalue weighted by Crippen LogP contribution is -2.21. The molecule has 0 saturated carbocycles. The van der Waals surface area contributed by atoms with E-state index in [2.05, 4.69) is 15.0 Å². The Hall–Kier alpha value is -1.89.